The van der Waals surface area contributed by atoms with Crippen LogP contribution in [0.4, 0.5) is 13.2 Å². The number of fused-ring (bicyclic) bond motifs is 1. The molecule has 2 N–H and O–H groups in total. The van der Waals surface area contributed by atoms with E-state index in [2.05, 4.69) is 69.8 Å². The van der Waals surface area contributed by atoms with Crippen molar-refractivity contribution in [3.05, 3.63) is 72.6 Å². The summed E-state index contributed by atoms with van der Waals surface area (Å²) in [6.07, 6.45) is -1.34. The Kier molecular flexibility index (Phi) is 8.02. The van der Waals surface area contributed by atoms with Crippen molar-refractivity contribution in [3.63, 3.8) is 0 Å². The van der Waals surface area contributed by atoms with Gasteiger partial charge in [0.1, 0.15) is 12.4 Å². The Morgan fingerprint density at radius 1 is 1.12 bits per heavy atom. The van der Waals surface area contributed by atoms with E-state index in [0.717, 1.165) is 31.9 Å². The first-order valence-corrected chi connectivity index (χ1v) is 10.1. The van der Waals surface area contributed by atoms with Gasteiger partial charge in [0.2, 0.25) is 0 Å². The molecule has 1 saturated heterocycles. The number of carboxylic acids is 1. The number of carbonyl (C=O) groups is 1. The molecule has 32 heavy (non-hydrogen) atoms. The lowest BCUT2D eigenvalue weighted by molar-refractivity contribution is -0.192. The van der Waals surface area contributed by atoms with Gasteiger partial charge in [-0.2, -0.15) is 13.2 Å². The molecule has 0 aliphatic carbocycles. The van der Waals surface area contributed by atoms with Crippen LogP contribution in [0, 0.1) is 0 Å². The number of hydrogen-bond acceptors (Lipinski definition) is 5. The number of pyridine rings is 1. The van der Waals surface area contributed by atoms with Gasteiger partial charge in [0, 0.05) is 50.0 Å². The Bertz CT molecular complexity index is 1010. The first-order chi connectivity index (χ1) is 15.4. The summed E-state index contributed by atoms with van der Waals surface area (Å²) in [5.41, 5.74) is 1.31. The standard InChI is InChI=1S/C21H23N3O.C2HF3O2/c1-2-6-19-17(4-1)5-3-7-21(19)25-15-14-24-13-12-23-16-20(24)18-8-10-22-11-9-18;3-2(4,5)1(6)7/h1-11,20,23H,12-16H2;(H,6,7). The third-order valence-electron chi connectivity index (χ3n) is 5.07. The van der Waals surface area contributed by atoms with Crippen LogP contribution in [0.15, 0.2) is 67.0 Å². The van der Waals surface area contributed by atoms with Crippen LogP contribution >= 0.6 is 0 Å². The van der Waals surface area contributed by atoms with Gasteiger partial charge in [-0.05, 0) is 29.1 Å². The normalized spacial score (nSPS) is 16.8. The van der Waals surface area contributed by atoms with Crippen LogP contribution in [0.2, 0.25) is 0 Å². The summed E-state index contributed by atoms with van der Waals surface area (Å²) in [4.78, 5) is 15.5. The molecule has 1 aromatic heterocycles. The first kappa shape index (κ1) is 23.5. The van der Waals surface area contributed by atoms with E-state index in [1.54, 1.807) is 0 Å². The largest absolute Gasteiger partial charge is 0.492 e. The average molecular weight is 447 g/mol. The molecule has 4 rings (SSSR count). The third kappa shape index (κ3) is 6.41. The van der Waals surface area contributed by atoms with E-state index in [1.165, 1.54) is 16.3 Å². The SMILES string of the molecule is O=C(O)C(F)(F)F.c1ccc2c(OCCN3CCNCC3c3ccncc3)cccc2c1. The highest BCUT2D eigenvalue weighted by atomic mass is 19.4. The van der Waals surface area contributed by atoms with E-state index in [0.29, 0.717) is 12.6 Å². The zero-order valence-electron chi connectivity index (χ0n) is 17.3. The maximum absolute atomic E-state index is 10.6. The molecule has 1 fully saturated rings. The minimum absolute atomic E-state index is 0.382. The van der Waals surface area contributed by atoms with Crippen molar-refractivity contribution in [2.75, 3.05) is 32.8 Å². The van der Waals surface area contributed by atoms with Crippen LogP contribution in [-0.4, -0.2) is 59.9 Å². The quantitative estimate of drug-likeness (QED) is 0.618. The first-order valence-electron chi connectivity index (χ1n) is 10.1. The molecule has 2 heterocycles. The molecule has 0 spiro atoms. The van der Waals surface area contributed by atoms with Crippen LogP contribution in [0.1, 0.15) is 11.6 Å². The summed E-state index contributed by atoms with van der Waals surface area (Å²) in [6, 6.07) is 19.2. The number of nitrogens with zero attached hydrogens (tertiary/aromatic N) is 2. The molecular formula is C23H24F3N3O3. The Morgan fingerprint density at radius 2 is 1.81 bits per heavy atom. The van der Waals surface area contributed by atoms with Crippen LogP contribution in [0.5, 0.6) is 5.75 Å². The smallest absolute Gasteiger partial charge is 0.490 e. The van der Waals surface area contributed by atoms with E-state index in [-0.39, 0.29) is 0 Å². The maximum atomic E-state index is 10.6. The van der Waals surface area contributed by atoms with E-state index in [4.69, 9.17) is 14.6 Å². The lowest BCUT2D eigenvalue weighted by Crippen LogP contribution is -2.47. The van der Waals surface area contributed by atoms with Crippen molar-refractivity contribution in [2.24, 2.45) is 0 Å². The van der Waals surface area contributed by atoms with Crippen molar-refractivity contribution in [1.29, 1.82) is 0 Å². The van der Waals surface area contributed by atoms with Gasteiger partial charge in [-0.1, -0.05) is 36.4 Å². The number of benzene rings is 2. The van der Waals surface area contributed by atoms with Crippen LogP contribution in [0.3, 0.4) is 0 Å². The summed E-state index contributed by atoms with van der Waals surface area (Å²) in [6.45, 7) is 4.63. The summed E-state index contributed by atoms with van der Waals surface area (Å²) in [7, 11) is 0. The second-order valence-corrected chi connectivity index (χ2v) is 7.17. The fourth-order valence-corrected chi connectivity index (χ4v) is 3.52. The second kappa shape index (κ2) is 10.9. The van der Waals surface area contributed by atoms with Gasteiger partial charge in [0.05, 0.1) is 0 Å². The molecule has 9 heteroatoms. The average Bonchev–Trinajstić information content (AvgIpc) is 2.80. The highest BCUT2D eigenvalue weighted by Crippen LogP contribution is 2.26. The van der Waals surface area contributed by atoms with Gasteiger partial charge in [0.25, 0.3) is 0 Å². The van der Waals surface area contributed by atoms with Crippen LogP contribution in [-0.2, 0) is 4.79 Å². The molecule has 6 nitrogen and oxygen atoms in total. The topological polar surface area (TPSA) is 74.7 Å². The zero-order valence-corrected chi connectivity index (χ0v) is 17.3. The summed E-state index contributed by atoms with van der Waals surface area (Å²) in [5.74, 6) is -1.79. The number of piperazine rings is 1. The van der Waals surface area contributed by atoms with E-state index in [9.17, 15) is 13.2 Å². The molecule has 2 aromatic carbocycles. The van der Waals surface area contributed by atoms with Gasteiger partial charge in [0.15, 0.2) is 0 Å². The Hall–Kier alpha value is -3.17. The summed E-state index contributed by atoms with van der Waals surface area (Å²) < 4.78 is 37.9. The number of halogens is 3. The van der Waals surface area contributed by atoms with E-state index >= 15 is 0 Å². The van der Waals surface area contributed by atoms with E-state index < -0.39 is 12.1 Å². The summed E-state index contributed by atoms with van der Waals surface area (Å²) in [5, 5.41) is 13.0. The number of aromatic nitrogens is 1. The fraction of sp³-hybridized carbons (Fsp3) is 0.304. The zero-order chi connectivity index (χ0) is 23.0. The van der Waals surface area contributed by atoms with Gasteiger partial charge in [-0.25, -0.2) is 4.79 Å². The second-order valence-electron chi connectivity index (χ2n) is 7.17. The van der Waals surface area contributed by atoms with Crippen LogP contribution < -0.4 is 10.1 Å². The Balaban J connectivity index is 0.000000360. The van der Waals surface area contributed by atoms with Crippen molar-refractivity contribution in [3.8, 4) is 5.75 Å². The van der Waals surface area contributed by atoms with Crippen molar-refractivity contribution < 1.29 is 27.8 Å². The highest BCUT2D eigenvalue weighted by Gasteiger charge is 2.38. The van der Waals surface area contributed by atoms with Gasteiger partial charge in [-0.3, -0.25) is 9.88 Å². The fourth-order valence-electron chi connectivity index (χ4n) is 3.52. The molecule has 0 bridgehead atoms. The molecule has 1 unspecified atom stereocenters. The molecule has 1 atom stereocenters. The van der Waals surface area contributed by atoms with Gasteiger partial charge >= 0.3 is 12.1 Å². The minimum Gasteiger partial charge on any atom is -0.492 e. The van der Waals surface area contributed by atoms with Crippen molar-refractivity contribution >= 4 is 16.7 Å². The Labute approximate surface area is 183 Å². The number of nitrogens with one attached hydrogen (secondary N) is 1. The lowest BCUT2D eigenvalue weighted by atomic mass is 10.0. The van der Waals surface area contributed by atoms with Crippen LogP contribution in [0.25, 0.3) is 10.8 Å². The lowest BCUT2D eigenvalue weighted by Gasteiger charge is -2.36. The van der Waals surface area contributed by atoms with E-state index in [1.807, 2.05) is 12.4 Å². The molecule has 1 aliphatic rings. The number of carboxylic acid groups (broad SMARTS) is 1. The molecule has 0 amide bonds. The monoisotopic (exact) mass is 447 g/mol. The van der Waals surface area contributed by atoms with Gasteiger partial charge < -0.3 is 15.2 Å². The molecule has 3 aromatic rings. The minimum atomic E-state index is -5.08. The molecule has 1 aliphatic heterocycles. The number of alkyl halides is 3. The van der Waals surface area contributed by atoms with Gasteiger partial charge in [-0.15, -0.1) is 0 Å². The number of hydrogen-bond donors (Lipinski definition) is 2. The van der Waals surface area contributed by atoms with Crippen molar-refractivity contribution in [1.82, 2.24) is 15.2 Å². The molecule has 0 saturated carbocycles. The predicted octanol–water partition coefficient (Wildman–Crippen LogP) is 3.89. The molecule has 170 valence electrons. The number of ether oxygens (including phenoxy) is 1. The highest BCUT2D eigenvalue weighted by molar-refractivity contribution is 5.88. The number of aliphatic carboxylic acids is 1. The molecular weight excluding hydrogens is 423 g/mol. The molecule has 0 radical (unpaired) electrons. The summed E-state index contributed by atoms with van der Waals surface area (Å²) >= 11 is 0. The third-order valence-corrected chi connectivity index (χ3v) is 5.07. The van der Waals surface area contributed by atoms with Crippen molar-refractivity contribution in [2.45, 2.75) is 12.2 Å². The Morgan fingerprint density at radius 3 is 2.53 bits per heavy atom. The maximum Gasteiger partial charge on any atom is 0.490 e. The number of rotatable bonds is 5. The predicted molar refractivity (Wildman–Crippen MR) is 115 cm³/mol.